The Morgan fingerprint density at radius 2 is 2.00 bits per heavy atom. The molecule has 0 aromatic heterocycles. The van der Waals surface area contributed by atoms with Gasteiger partial charge >= 0.3 is 0 Å². The van der Waals surface area contributed by atoms with Crippen LogP contribution >= 0.6 is 11.8 Å². The molecule has 0 aromatic carbocycles. The van der Waals surface area contributed by atoms with Crippen molar-refractivity contribution in [1.29, 1.82) is 0 Å². The average molecular weight is 172 g/mol. The van der Waals surface area contributed by atoms with Gasteiger partial charge in [0.05, 0.1) is 0 Å². The second-order valence-electron chi connectivity index (χ2n) is 3.02. The fourth-order valence-corrected chi connectivity index (χ4v) is 1.30. The number of thioether (sulfide) groups is 1. The Bertz CT molecular complexity index is 155. The lowest BCUT2D eigenvalue weighted by Crippen LogP contribution is -1.96. The number of hydrogen-bond donors (Lipinski definition) is 0. The van der Waals surface area contributed by atoms with E-state index >= 15 is 0 Å². The van der Waals surface area contributed by atoms with Crippen LogP contribution in [0.4, 0.5) is 0 Å². The van der Waals surface area contributed by atoms with E-state index in [1.165, 1.54) is 17.3 Å². The second kappa shape index (κ2) is 5.42. The third-order valence-electron chi connectivity index (χ3n) is 1.04. The average Bonchev–Trinajstić information content (AvgIpc) is 1.82. The number of rotatable bonds is 3. The molecule has 64 valence electrons. The van der Waals surface area contributed by atoms with Gasteiger partial charge in [-0.2, -0.15) is 0 Å². The zero-order valence-corrected chi connectivity index (χ0v) is 8.49. The standard InChI is InChI=1S/C9H16OS/c1-7(2)5-6-9(10)11-8(3)4/h5,8H,6H2,1-4H3. The Hall–Kier alpha value is -0.240. The Morgan fingerprint density at radius 1 is 1.45 bits per heavy atom. The van der Waals surface area contributed by atoms with Gasteiger partial charge in [0.15, 0.2) is 5.12 Å². The Balaban J connectivity index is 3.62. The lowest BCUT2D eigenvalue weighted by atomic mass is 10.3. The second-order valence-corrected chi connectivity index (χ2v) is 4.66. The molecule has 11 heavy (non-hydrogen) atoms. The van der Waals surface area contributed by atoms with E-state index in [1.54, 1.807) is 0 Å². The summed E-state index contributed by atoms with van der Waals surface area (Å²) in [4.78, 5) is 11.1. The van der Waals surface area contributed by atoms with Crippen molar-refractivity contribution in [2.45, 2.75) is 39.4 Å². The first-order valence-corrected chi connectivity index (χ1v) is 4.73. The molecule has 0 aromatic rings. The van der Waals surface area contributed by atoms with Crippen LogP contribution in [-0.2, 0) is 4.79 Å². The van der Waals surface area contributed by atoms with E-state index < -0.39 is 0 Å². The molecule has 0 heterocycles. The van der Waals surface area contributed by atoms with Crippen molar-refractivity contribution in [2.24, 2.45) is 0 Å². The molecule has 2 heteroatoms. The highest BCUT2D eigenvalue weighted by Crippen LogP contribution is 2.13. The largest absolute Gasteiger partial charge is 0.287 e. The predicted molar refractivity (Wildman–Crippen MR) is 51.8 cm³/mol. The van der Waals surface area contributed by atoms with Gasteiger partial charge in [-0.15, -0.1) is 0 Å². The maximum Gasteiger partial charge on any atom is 0.192 e. The van der Waals surface area contributed by atoms with Gasteiger partial charge in [0.25, 0.3) is 0 Å². The monoisotopic (exact) mass is 172 g/mol. The zero-order chi connectivity index (χ0) is 8.85. The molecule has 0 amide bonds. The van der Waals surface area contributed by atoms with Crippen LogP contribution in [0.5, 0.6) is 0 Å². The van der Waals surface area contributed by atoms with Crippen molar-refractivity contribution in [3.8, 4) is 0 Å². The Morgan fingerprint density at radius 3 is 2.36 bits per heavy atom. The summed E-state index contributed by atoms with van der Waals surface area (Å²) in [6.07, 6.45) is 2.54. The van der Waals surface area contributed by atoms with Gasteiger partial charge in [0.1, 0.15) is 0 Å². The van der Waals surface area contributed by atoms with E-state index in [4.69, 9.17) is 0 Å². The highest BCUT2D eigenvalue weighted by atomic mass is 32.2. The number of hydrogen-bond acceptors (Lipinski definition) is 2. The summed E-state index contributed by atoms with van der Waals surface area (Å²) in [6.45, 7) is 8.08. The molecule has 0 fully saturated rings. The third-order valence-corrected chi connectivity index (χ3v) is 1.95. The van der Waals surface area contributed by atoms with E-state index in [9.17, 15) is 4.79 Å². The first kappa shape index (κ1) is 10.8. The molecule has 1 nitrogen and oxygen atoms in total. The van der Waals surface area contributed by atoms with Gasteiger partial charge in [-0.3, -0.25) is 4.79 Å². The minimum atomic E-state index is 0.265. The van der Waals surface area contributed by atoms with Crippen LogP contribution in [0, 0.1) is 0 Å². The molecule has 0 radical (unpaired) electrons. The van der Waals surface area contributed by atoms with E-state index in [2.05, 4.69) is 0 Å². The van der Waals surface area contributed by atoms with Crippen molar-refractivity contribution in [2.75, 3.05) is 0 Å². The van der Waals surface area contributed by atoms with Crippen LogP contribution in [0.2, 0.25) is 0 Å². The molecule has 0 aliphatic heterocycles. The summed E-state index contributed by atoms with van der Waals surface area (Å²) in [5.74, 6) is 0. The van der Waals surface area contributed by atoms with Gasteiger partial charge in [0, 0.05) is 11.7 Å². The van der Waals surface area contributed by atoms with Crippen LogP contribution in [-0.4, -0.2) is 10.4 Å². The van der Waals surface area contributed by atoms with E-state index in [1.807, 2.05) is 33.8 Å². The lowest BCUT2D eigenvalue weighted by Gasteiger charge is -2.00. The van der Waals surface area contributed by atoms with E-state index in [-0.39, 0.29) is 5.12 Å². The quantitative estimate of drug-likeness (QED) is 0.609. The third kappa shape index (κ3) is 7.66. The minimum Gasteiger partial charge on any atom is -0.287 e. The zero-order valence-electron chi connectivity index (χ0n) is 7.68. The maximum atomic E-state index is 11.1. The van der Waals surface area contributed by atoms with Crippen molar-refractivity contribution in [1.82, 2.24) is 0 Å². The van der Waals surface area contributed by atoms with Crippen LogP contribution in [0.1, 0.15) is 34.1 Å². The molecular formula is C9H16OS. The SMILES string of the molecule is CC(C)=CCC(=O)SC(C)C. The van der Waals surface area contributed by atoms with E-state index in [0.29, 0.717) is 11.7 Å². The number of carbonyl (C=O) groups excluding carboxylic acids is 1. The maximum absolute atomic E-state index is 11.1. The first-order valence-electron chi connectivity index (χ1n) is 3.85. The summed E-state index contributed by atoms with van der Waals surface area (Å²) in [5.41, 5.74) is 1.21. The van der Waals surface area contributed by atoms with Gasteiger partial charge in [-0.1, -0.05) is 37.3 Å². The van der Waals surface area contributed by atoms with Gasteiger partial charge in [0.2, 0.25) is 0 Å². The molecule has 0 saturated heterocycles. The molecular weight excluding hydrogens is 156 g/mol. The molecule has 0 saturated carbocycles. The van der Waals surface area contributed by atoms with Crippen molar-refractivity contribution < 1.29 is 4.79 Å². The van der Waals surface area contributed by atoms with Crippen LogP contribution in [0.3, 0.4) is 0 Å². The van der Waals surface area contributed by atoms with Crippen LogP contribution < -0.4 is 0 Å². The fourth-order valence-electron chi connectivity index (χ4n) is 0.598. The van der Waals surface area contributed by atoms with Crippen molar-refractivity contribution in [3.63, 3.8) is 0 Å². The first-order chi connectivity index (χ1) is 5.02. The van der Waals surface area contributed by atoms with Crippen molar-refractivity contribution in [3.05, 3.63) is 11.6 Å². The summed E-state index contributed by atoms with van der Waals surface area (Å²) in [7, 11) is 0. The van der Waals surface area contributed by atoms with Gasteiger partial charge in [-0.25, -0.2) is 0 Å². The van der Waals surface area contributed by atoms with Crippen LogP contribution in [0.15, 0.2) is 11.6 Å². The lowest BCUT2D eigenvalue weighted by molar-refractivity contribution is -0.110. The minimum absolute atomic E-state index is 0.265. The highest BCUT2D eigenvalue weighted by Gasteiger charge is 2.02. The Kier molecular flexibility index (Phi) is 5.30. The molecule has 0 spiro atoms. The molecule has 0 unspecified atom stereocenters. The fraction of sp³-hybridized carbons (Fsp3) is 0.667. The predicted octanol–water partition coefficient (Wildman–Crippen LogP) is 3.01. The normalized spacial score (nSPS) is 9.91. The molecule has 0 N–H and O–H groups in total. The van der Waals surface area contributed by atoms with Crippen LogP contribution in [0.25, 0.3) is 0 Å². The summed E-state index contributed by atoms with van der Waals surface area (Å²) in [5, 5.41) is 0.675. The molecule has 0 rings (SSSR count). The van der Waals surface area contributed by atoms with Crippen molar-refractivity contribution >= 4 is 16.9 Å². The highest BCUT2D eigenvalue weighted by molar-refractivity contribution is 8.14. The summed E-state index contributed by atoms with van der Waals surface area (Å²) in [6, 6.07) is 0. The summed E-state index contributed by atoms with van der Waals surface area (Å²) < 4.78 is 0. The van der Waals surface area contributed by atoms with E-state index in [0.717, 1.165) is 0 Å². The smallest absolute Gasteiger partial charge is 0.192 e. The molecule has 0 bridgehead atoms. The Labute approximate surface area is 73.3 Å². The van der Waals surface area contributed by atoms with Gasteiger partial charge in [-0.05, 0) is 13.8 Å². The molecule has 0 atom stereocenters. The summed E-state index contributed by atoms with van der Waals surface area (Å²) >= 11 is 1.41. The number of carbonyl (C=O) groups is 1. The van der Waals surface area contributed by atoms with Gasteiger partial charge < -0.3 is 0 Å². The topological polar surface area (TPSA) is 17.1 Å². The molecule has 0 aliphatic carbocycles. The number of allylic oxidation sites excluding steroid dienone is 2. The molecule has 0 aliphatic rings.